The molecule has 0 radical (unpaired) electrons. The van der Waals surface area contributed by atoms with Crippen molar-refractivity contribution in [3.8, 4) is 17.7 Å². The molecule has 156 valence electrons. The Hall–Kier alpha value is -3.18. The summed E-state index contributed by atoms with van der Waals surface area (Å²) in [6.07, 6.45) is 5.08. The van der Waals surface area contributed by atoms with Gasteiger partial charge < -0.3 is 14.7 Å². The monoisotopic (exact) mass is 407 g/mol. The summed E-state index contributed by atoms with van der Waals surface area (Å²) in [5.74, 6) is 1.40. The number of nitrogens with zero attached hydrogens (tertiary/aromatic N) is 5. The van der Waals surface area contributed by atoms with E-state index in [0.717, 1.165) is 51.1 Å². The number of amides is 1. The molecule has 0 saturated carbocycles. The zero-order valence-corrected chi connectivity index (χ0v) is 17.0. The number of benzene rings is 1. The van der Waals surface area contributed by atoms with Gasteiger partial charge in [-0.3, -0.25) is 9.69 Å². The fourth-order valence-corrected chi connectivity index (χ4v) is 4.34. The Morgan fingerprint density at radius 1 is 1.27 bits per heavy atom. The van der Waals surface area contributed by atoms with Gasteiger partial charge in [0.2, 0.25) is 5.88 Å². The first-order chi connectivity index (χ1) is 14.6. The van der Waals surface area contributed by atoms with Gasteiger partial charge in [-0.25, -0.2) is 9.97 Å². The van der Waals surface area contributed by atoms with Crippen LogP contribution in [0.3, 0.4) is 0 Å². The van der Waals surface area contributed by atoms with Crippen molar-refractivity contribution in [2.24, 2.45) is 11.8 Å². The standard InChI is InChI=1S/C22H25N5O3/c1-30-21-10-24-19(9-25-21)22(29)27-6-2-3-16(14-27)18-12-26(13-18)11-15-4-5-20(28)17(7-15)8-23/h4-5,7,9-10,16,18,28H,2-3,6,11-14H2,1H3. The van der Waals surface area contributed by atoms with Gasteiger partial charge in [-0.05, 0) is 42.4 Å². The molecule has 8 nitrogen and oxygen atoms in total. The third kappa shape index (κ3) is 4.21. The van der Waals surface area contributed by atoms with Crippen molar-refractivity contribution in [2.45, 2.75) is 19.4 Å². The number of phenols is 1. The zero-order chi connectivity index (χ0) is 21.1. The van der Waals surface area contributed by atoms with Crippen molar-refractivity contribution in [1.82, 2.24) is 19.8 Å². The van der Waals surface area contributed by atoms with Crippen LogP contribution in [-0.4, -0.2) is 64.1 Å². The first kappa shape index (κ1) is 20.1. The van der Waals surface area contributed by atoms with Gasteiger partial charge in [0.05, 0.1) is 25.1 Å². The summed E-state index contributed by atoms with van der Waals surface area (Å²) in [5, 5.41) is 18.7. The van der Waals surface area contributed by atoms with Crippen LogP contribution in [0, 0.1) is 23.2 Å². The molecule has 1 unspecified atom stereocenters. The zero-order valence-electron chi connectivity index (χ0n) is 17.0. The summed E-state index contributed by atoms with van der Waals surface area (Å²) in [7, 11) is 1.52. The van der Waals surface area contributed by atoms with Crippen molar-refractivity contribution >= 4 is 5.91 Å². The van der Waals surface area contributed by atoms with E-state index in [9.17, 15) is 9.90 Å². The van der Waals surface area contributed by atoms with Crippen molar-refractivity contribution in [2.75, 3.05) is 33.3 Å². The number of likely N-dealkylation sites (tertiary alicyclic amines) is 2. The lowest BCUT2D eigenvalue weighted by molar-refractivity contribution is 0.0168. The molecule has 1 N–H and O–H groups in total. The fourth-order valence-electron chi connectivity index (χ4n) is 4.34. The van der Waals surface area contributed by atoms with E-state index in [0.29, 0.717) is 29.0 Å². The Bertz CT molecular complexity index is 950. The first-order valence-corrected chi connectivity index (χ1v) is 10.2. The minimum Gasteiger partial charge on any atom is -0.507 e. The average molecular weight is 407 g/mol. The fraction of sp³-hybridized carbons (Fsp3) is 0.455. The largest absolute Gasteiger partial charge is 0.507 e. The van der Waals surface area contributed by atoms with Crippen LogP contribution >= 0.6 is 0 Å². The molecule has 2 fully saturated rings. The van der Waals surface area contributed by atoms with Gasteiger partial charge in [0.25, 0.3) is 5.91 Å². The maximum Gasteiger partial charge on any atom is 0.274 e. The highest BCUT2D eigenvalue weighted by Gasteiger charge is 2.37. The van der Waals surface area contributed by atoms with E-state index >= 15 is 0 Å². The van der Waals surface area contributed by atoms with Crippen LogP contribution in [0.4, 0.5) is 0 Å². The second-order valence-electron chi connectivity index (χ2n) is 8.01. The molecule has 2 aromatic rings. The van der Waals surface area contributed by atoms with Crippen LogP contribution in [0.25, 0.3) is 0 Å². The number of methoxy groups -OCH3 is 1. The topological polar surface area (TPSA) is 103 Å². The molecule has 2 aliphatic heterocycles. The summed E-state index contributed by atoms with van der Waals surface area (Å²) < 4.78 is 5.00. The third-order valence-corrected chi connectivity index (χ3v) is 6.04. The molecule has 4 rings (SSSR count). The number of carbonyl (C=O) groups excluding carboxylic acids is 1. The van der Waals surface area contributed by atoms with E-state index in [1.165, 1.54) is 19.5 Å². The van der Waals surface area contributed by atoms with Gasteiger partial charge in [-0.15, -0.1) is 0 Å². The smallest absolute Gasteiger partial charge is 0.274 e. The number of hydrogen-bond donors (Lipinski definition) is 1. The number of carbonyl (C=O) groups is 1. The molecule has 0 aliphatic carbocycles. The van der Waals surface area contributed by atoms with Crippen LogP contribution in [-0.2, 0) is 6.54 Å². The Kier molecular flexibility index (Phi) is 5.81. The minimum atomic E-state index is -0.0702. The summed E-state index contributed by atoms with van der Waals surface area (Å²) >= 11 is 0. The van der Waals surface area contributed by atoms with E-state index in [4.69, 9.17) is 10.00 Å². The van der Waals surface area contributed by atoms with Crippen molar-refractivity contribution in [1.29, 1.82) is 5.26 Å². The minimum absolute atomic E-state index is 0.0243. The Balaban J connectivity index is 1.30. The van der Waals surface area contributed by atoms with E-state index < -0.39 is 0 Å². The van der Waals surface area contributed by atoms with E-state index in [1.54, 1.807) is 12.1 Å². The van der Waals surface area contributed by atoms with Gasteiger partial charge in [0.1, 0.15) is 17.5 Å². The lowest BCUT2D eigenvalue weighted by Crippen LogP contribution is -2.53. The number of aromatic hydroxyl groups is 1. The highest BCUT2D eigenvalue weighted by Crippen LogP contribution is 2.32. The van der Waals surface area contributed by atoms with Gasteiger partial charge in [-0.1, -0.05) is 6.07 Å². The SMILES string of the molecule is COc1cnc(C(=O)N2CCCC(C3CN(Cc4ccc(O)c(C#N)c4)C3)C2)cn1. The molecule has 1 amide bonds. The molecule has 2 aliphatic rings. The van der Waals surface area contributed by atoms with Crippen LogP contribution in [0.1, 0.15) is 34.5 Å². The molecule has 1 aromatic heterocycles. The molecule has 3 heterocycles. The normalized spacial score (nSPS) is 19.7. The van der Waals surface area contributed by atoms with E-state index in [-0.39, 0.29) is 11.7 Å². The molecule has 8 heteroatoms. The molecule has 1 aromatic carbocycles. The third-order valence-electron chi connectivity index (χ3n) is 6.04. The van der Waals surface area contributed by atoms with Gasteiger partial charge >= 0.3 is 0 Å². The summed E-state index contributed by atoms with van der Waals surface area (Å²) in [6, 6.07) is 7.21. The van der Waals surface area contributed by atoms with E-state index in [1.807, 2.05) is 17.0 Å². The lowest BCUT2D eigenvalue weighted by Gasteiger charge is -2.46. The number of phenolic OH excluding ortho intramolecular Hbond substituents is 1. The summed E-state index contributed by atoms with van der Waals surface area (Å²) in [4.78, 5) is 25.3. The average Bonchev–Trinajstić information content (AvgIpc) is 2.76. The molecule has 30 heavy (non-hydrogen) atoms. The Morgan fingerprint density at radius 3 is 2.80 bits per heavy atom. The summed E-state index contributed by atoms with van der Waals surface area (Å²) in [5.41, 5.74) is 1.70. The van der Waals surface area contributed by atoms with Crippen molar-refractivity contribution in [3.05, 3.63) is 47.4 Å². The van der Waals surface area contributed by atoms with Gasteiger partial charge in [0, 0.05) is 32.7 Å². The van der Waals surface area contributed by atoms with E-state index in [2.05, 4.69) is 14.9 Å². The van der Waals surface area contributed by atoms with Gasteiger partial charge in [0.15, 0.2) is 0 Å². The number of rotatable bonds is 5. The summed E-state index contributed by atoms with van der Waals surface area (Å²) in [6.45, 7) is 4.24. The molecular weight excluding hydrogens is 382 g/mol. The number of piperidine rings is 1. The number of ether oxygens (including phenoxy) is 1. The molecule has 0 spiro atoms. The quantitative estimate of drug-likeness (QED) is 0.809. The molecular formula is C22H25N5O3. The molecule has 1 atom stereocenters. The highest BCUT2D eigenvalue weighted by molar-refractivity contribution is 5.92. The predicted octanol–water partition coefficient (Wildman–Crippen LogP) is 2.05. The Labute approximate surface area is 175 Å². The highest BCUT2D eigenvalue weighted by atomic mass is 16.5. The predicted molar refractivity (Wildman–Crippen MR) is 109 cm³/mol. The maximum atomic E-state index is 12.8. The second-order valence-corrected chi connectivity index (χ2v) is 8.01. The molecule has 0 bridgehead atoms. The molecule has 2 saturated heterocycles. The van der Waals surface area contributed by atoms with Crippen molar-refractivity contribution < 1.29 is 14.6 Å². The van der Waals surface area contributed by atoms with Crippen LogP contribution in [0.2, 0.25) is 0 Å². The second kappa shape index (κ2) is 8.67. The van der Waals surface area contributed by atoms with Crippen LogP contribution in [0.5, 0.6) is 11.6 Å². The van der Waals surface area contributed by atoms with Gasteiger partial charge in [-0.2, -0.15) is 5.26 Å². The number of aromatic nitrogens is 2. The Morgan fingerprint density at radius 2 is 2.10 bits per heavy atom. The van der Waals surface area contributed by atoms with Crippen LogP contribution in [0.15, 0.2) is 30.6 Å². The number of hydrogen-bond acceptors (Lipinski definition) is 7. The first-order valence-electron chi connectivity index (χ1n) is 10.2. The lowest BCUT2D eigenvalue weighted by atomic mass is 9.80. The number of nitriles is 1. The maximum absolute atomic E-state index is 12.8. The van der Waals surface area contributed by atoms with Crippen molar-refractivity contribution in [3.63, 3.8) is 0 Å². The van der Waals surface area contributed by atoms with Crippen LogP contribution < -0.4 is 4.74 Å².